The van der Waals surface area contributed by atoms with Crippen LogP contribution >= 0.6 is 11.8 Å². The number of carboxylic acid groups (broad SMARTS) is 2. The molecule has 0 aromatic rings. The van der Waals surface area contributed by atoms with Crippen molar-refractivity contribution in [1.82, 2.24) is 10.2 Å². The van der Waals surface area contributed by atoms with Gasteiger partial charge in [0.2, 0.25) is 5.91 Å². The average molecular weight is 370 g/mol. The van der Waals surface area contributed by atoms with Gasteiger partial charge in [-0.2, -0.15) is 0 Å². The molecule has 0 spiro atoms. The van der Waals surface area contributed by atoms with Crippen LogP contribution < -0.4 is 5.32 Å². The lowest BCUT2D eigenvalue weighted by molar-refractivity contribution is -0.151. The fourth-order valence-electron chi connectivity index (χ4n) is 2.89. The van der Waals surface area contributed by atoms with Crippen LogP contribution in [0.2, 0.25) is 0 Å². The molecule has 3 atom stereocenters. The highest BCUT2D eigenvalue weighted by Gasteiger charge is 2.56. The van der Waals surface area contributed by atoms with Gasteiger partial charge in [0.1, 0.15) is 17.1 Å². The number of carboxylic acids is 2. The molecule has 0 radical (unpaired) electrons. The first-order valence-electron chi connectivity index (χ1n) is 7.63. The van der Waals surface area contributed by atoms with Crippen LogP contribution in [-0.4, -0.2) is 61.3 Å². The van der Waals surface area contributed by atoms with Crippen molar-refractivity contribution in [2.24, 2.45) is 0 Å². The Hall–Kier alpha value is -2.36. The van der Waals surface area contributed by atoms with E-state index < -0.39 is 46.2 Å². The maximum atomic E-state index is 12.3. The average Bonchev–Trinajstić information content (AvgIpc) is 2.50. The van der Waals surface area contributed by atoms with Crippen molar-refractivity contribution in [1.29, 1.82) is 0 Å². The Balaban J connectivity index is 2.11. The molecule has 2 amide bonds. The second-order valence-corrected chi connectivity index (χ2v) is 7.26. The summed E-state index contributed by atoms with van der Waals surface area (Å²) in [4.78, 5) is 58.9. The SMILES string of the molecule is CC(=O)C1=C(C(=O)O)N2C(=O)[C@@H](NC(=O)CCCC(=O)O)C2SC1C. The molecule has 10 heteroatoms. The first kappa shape index (κ1) is 19.0. The summed E-state index contributed by atoms with van der Waals surface area (Å²) < 4.78 is 0. The van der Waals surface area contributed by atoms with Gasteiger partial charge in [0, 0.05) is 23.7 Å². The first-order valence-corrected chi connectivity index (χ1v) is 8.57. The Kier molecular flexibility index (Phi) is 5.51. The van der Waals surface area contributed by atoms with Gasteiger partial charge >= 0.3 is 11.9 Å². The van der Waals surface area contributed by atoms with E-state index in [9.17, 15) is 29.1 Å². The van der Waals surface area contributed by atoms with E-state index >= 15 is 0 Å². The second kappa shape index (κ2) is 7.26. The van der Waals surface area contributed by atoms with E-state index in [4.69, 9.17) is 5.11 Å². The van der Waals surface area contributed by atoms with Crippen LogP contribution in [0.3, 0.4) is 0 Å². The molecule has 0 aromatic carbocycles. The number of ketones is 1. The molecule has 136 valence electrons. The molecule has 9 nitrogen and oxygen atoms in total. The minimum atomic E-state index is -1.36. The largest absolute Gasteiger partial charge is 0.481 e. The number of nitrogens with one attached hydrogen (secondary N) is 1. The number of carbonyl (C=O) groups excluding carboxylic acids is 3. The second-order valence-electron chi connectivity index (χ2n) is 5.79. The van der Waals surface area contributed by atoms with Crippen molar-refractivity contribution in [2.75, 3.05) is 0 Å². The van der Waals surface area contributed by atoms with Crippen LogP contribution in [0.5, 0.6) is 0 Å². The molecule has 1 saturated heterocycles. The molecule has 3 N–H and O–H groups in total. The molecule has 0 aliphatic carbocycles. The molecule has 2 heterocycles. The number of nitrogens with zero attached hydrogens (tertiary/aromatic N) is 1. The third kappa shape index (κ3) is 3.68. The summed E-state index contributed by atoms with van der Waals surface area (Å²) in [5, 5.41) is 19.4. The van der Waals surface area contributed by atoms with Gasteiger partial charge in [0.15, 0.2) is 5.78 Å². The van der Waals surface area contributed by atoms with E-state index in [1.165, 1.54) is 18.7 Å². The maximum absolute atomic E-state index is 12.3. The summed E-state index contributed by atoms with van der Waals surface area (Å²) >= 11 is 1.23. The summed E-state index contributed by atoms with van der Waals surface area (Å²) in [6.07, 6.45) is -0.0423. The zero-order valence-electron chi connectivity index (χ0n) is 13.6. The summed E-state index contributed by atoms with van der Waals surface area (Å²) in [6.45, 7) is 2.93. The Bertz CT molecular complexity index is 687. The third-order valence-electron chi connectivity index (χ3n) is 3.98. The first-order chi connectivity index (χ1) is 11.6. The molecule has 0 aromatic heterocycles. The van der Waals surface area contributed by atoms with Crippen molar-refractivity contribution in [3.63, 3.8) is 0 Å². The molecule has 1 fully saturated rings. The molecule has 25 heavy (non-hydrogen) atoms. The zero-order chi connectivity index (χ0) is 18.9. The Morgan fingerprint density at radius 2 is 1.84 bits per heavy atom. The lowest BCUT2D eigenvalue weighted by Gasteiger charge is -2.50. The Morgan fingerprint density at radius 3 is 2.36 bits per heavy atom. The van der Waals surface area contributed by atoms with Gasteiger partial charge in [-0.15, -0.1) is 11.8 Å². The standard InChI is InChI=1S/C15H18N2O7S/c1-6(18)10-7(2)25-14-11(13(22)17(14)12(10)15(23)24)16-8(19)4-3-5-9(20)21/h7,11,14H,3-5H2,1-2H3,(H,16,19)(H,20,21)(H,23,24)/t7?,11-,14?/m1/s1. The molecule has 2 aliphatic heterocycles. The van der Waals surface area contributed by atoms with Gasteiger partial charge in [-0.1, -0.05) is 0 Å². The van der Waals surface area contributed by atoms with E-state index in [2.05, 4.69) is 5.32 Å². The number of β-lactam (4-membered cyclic amide) rings is 1. The molecular formula is C15H18N2O7S. The van der Waals surface area contributed by atoms with E-state index in [0.29, 0.717) is 0 Å². The molecular weight excluding hydrogens is 352 g/mol. The monoisotopic (exact) mass is 370 g/mol. The topological polar surface area (TPSA) is 141 Å². The highest BCUT2D eigenvalue weighted by molar-refractivity contribution is 8.00. The van der Waals surface area contributed by atoms with Crippen molar-refractivity contribution < 1.29 is 34.2 Å². The smallest absolute Gasteiger partial charge is 0.353 e. The minimum Gasteiger partial charge on any atom is -0.481 e. The number of amides is 2. The molecule has 2 aliphatic rings. The number of Topliss-reactive ketones (excluding diaryl/α,β-unsaturated/α-hetero) is 1. The van der Waals surface area contributed by atoms with Gasteiger partial charge < -0.3 is 15.5 Å². The van der Waals surface area contributed by atoms with Gasteiger partial charge in [0.25, 0.3) is 5.91 Å². The summed E-state index contributed by atoms with van der Waals surface area (Å²) in [5.74, 6) is -3.84. The van der Waals surface area contributed by atoms with Gasteiger partial charge in [-0.25, -0.2) is 4.79 Å². The summed E-state index contributed by atoms with van der Waals surface area (Å²) in [5.41, 5.74) is -0.251. The van der Waals surface area contributed by atoms with E-state index in [1.807, 2.05) is 0 Å². The number of thioether (sulfide) groups is 1. The molecule has 0 saturated carbocycles. The van der Waals surface area contributed by atoms with E-state index in [1.54, 1.807) is 6.92 Å². The van der Waals surface area contributed by atoms with Crippen LogP contribution in [-0.2, 0) is 24.0 Å². The minimum absolute atomic E-state index is 0.0384. The van der Waals surface area contributed by atoms with Crippen molar-refractivity contribution in [2.45, 2.75) is 49.8 Å². The van der Waals surface area contributed by atoms with Gasteiger partial charge in [-0.05, 0) is 20.3 Å². The summed E-state index contributed by atoms with van der Waals surface area (Å²) in [7, 11) is 0. The van der Waals surface area contributed by atoms with Crippen molar-refractivity contribution >= 4 is 41.3 Å². The maximum Gasteiger partial charge on any atom is 0.353 e. The third-order valence-corrected chi connectivity index (χ3v) is 5.39. The highest BCUT2D eigenvalue weighted by atomic mass is 32.2. The number of hydrogen-bond acceptors (Lipinski definition) is 6. The van der Waals surface area contributed by atoms with Crippen molar-refractivity contribution in [3.05, 3.63) is 11.3 Å². The lowest BCUT2D eigenvalue weighted by Crippen LogP contribution is -2.71. The molecule has 0 bridgehead atoms. The van der Waals surface area contributed by atoms with Crippen LogP contribution in [0.25, 0.3) is 0 Å². The van der Waals surface area contributed by atoms with Crippen LogP contribution in [0, 0.1) is 0 Å². The fourth-order valence-corrected chi connectivity index (χ4v) is 4.40. The predicted molar refractivity (Wildman–Crippen MR) is 86.4 cm³/mol. The fraction of sp³-hybridized carbons (Fsp3) is 0.533. The number of fused-ring (bicyclic) bond motifs is 1. The Morgan fingerprint density at radius 1 is 1.20 bits per heavy atom. The Labute approximate surface area is 147 Å². The van der Waals surface area contributed by atoms with Crippen molar-refractivity contribution in [3.8, 4) is 0 Å². The lowest BCUT2D eigenvalue weighted by atomic mass is 9.98. The molecule has 2 rings (SSSR count). The van der Waals surface area contributed by atoms with Gasteiger partial charge in [-0.3, -0.25) is 24.1 Å². The van der Waals surface area contributed by atoms with Crippen LogP contribution in [0.15, 0.2) is 11.3 Å². The predicted octanol–water partition coefficient (Wildman–Crippen LogP) is -0.0426. The molecule has 2 unspecified atom stereocenters. The number of hydrogen-bond donors (Lipinski definition) is 3. The number of aliphatic carboxylic acids is 2. The summed E-state index contributed by atoms with van der Waals surface area (Å²) in [6, 6.07) is -0.882. The zero-order valence-corrected chi connectivity index (χ0v) is 14.5. The normalized spacial score (nSPS) is 25.1. The number of carbonyl (C=O) groups is 5. The van der Waals surface area contributed by atoms with E-state index in [0.717, 1.165) is 4.90 Å². The van der Waals surface area contributed by atoms with Crippen LogP contribution in [0.4, 0.5) is 0 Å². The quantitative estimate of drug-likeness (QED) is 0.530. The van der Waals surface area contributed by atoms with E-state index in [-0.39, 0.29) is 30.5 Å². The number of rotatable bonds is 7. The van der Waals surface area contributed by atoms with Gasteiger partial charge in [0.05, 0.1) is 0 Å². The highest BCUT2D eigenvalue weighted by Crippen LogP contribution is 2.44. The van der Waals surface area contributed by atoms with Crippen LogP contribution in [0.1, 0.15) is 33.1 Å².